The zero-order valence-electron chi connectivity index (χ0n) is 5.98. The Morgan fingerprint density at radius 3 is 1.25 bits per heavy atom. The average Bonchev–Trinajstić information content (AvgIpc) is 1.87. The first-order valence-electron chi connectivity index (χ1n) is 3.25. The number of hydrogen-bond acceptors (Lipinski definition) is 1. The fraction of sp³-hybridized carbons (Fsp3) is 1.00. The molecular formula is C6H15OP. The molecular weight excluding hydrogens is 119 g/mol. The van der Waals surface area contributed by atoms with Crippen LogP contribution >= 0.6 is 7.14 Å². The molecule has 0 fully saturated rings. The Morgan fingerprint density at radius 2 is 1.25 bits per heavy atom. The van der Waals surface area contributed by atoms with E-state index in [0.29, 0.717) is 0 Å². The molecule has 50 valence electrons. The molecule has 0 aromatic carbocycles. The third kappa shape index (κ3) is 2.00. The molecule has 0 N–H and O–H groups in total. The van der Waals surface area contributed by atoms with Gasteiger partial charge in [-0.1, -0.05) is 20.8 Å². The van der Waals surface area contributed by atoms with Gasteiger partial charge in [-0.2, -0.15) is 0 Å². The van der Waals surface area contributed by atoms with E-state index in [2.05, 4.69) is 0 Å². The maximum Gasteiger partial charge on any atom is 0.0869 e. The van der Waals surface area contributed by atoms with Crippen LogP contribution in [0.25, 0.3) is 0 Å². The maximum absolute atomic E-state index is 11.3. The fourth-order valence-corrected chi connectivity index (χ4v) is 2.01. The molecule has 0 aromatic heterocycles. The second-order valence-corrected chi connectivity index (χ2v) is 6.02. The van der Waals surface area contributed by atoms with Crippen LogP contribution in [0.2, 0.25) is 0 Å². The summed E-state index contributed by atoms with van der Waals surface area (Å²) in [6.45, 7) is 6.02. The molecule has 2 heteroatoms. The normalized spacial score (nSPS) is 11.9. The molecule has 0 heterocycles. The van der Waals surface area contributed by atoms with E-state index in [1.165, 1.54) is 0 Å². The highest BCUT2D eigenvalue weighted by Gasteiger charge is 2.11. The van der Waals surface area contributed by atoms with Gasteiger partial charge in [-0.15, -0.1) is 0 Å². The van der Waals surface area contributed by atoms with Crippen molar-refractivity contribution < 1.29 is 4.57 Å². The molecule has 0 bridgehead atoms. The summed E-state index contributed by atoms with van der Waals surface area (Å²) in [5.41, 5.74) is 0. The van der Waals surface area contributed by atoms with E-state index >= 15 is 0 Å². The van der Waals surface area contributed by atoms with Crippen molar-refractivity contribution in [3.63, 3.8) is 0 Å². The summed E-state index contributed by atoms with van der Waals surface area (Å²) in [5, 5.41) is 0. The van der Waals surface area contributed by atoms with Crippen molar-refractivity contribution in [1.29, 1.82) is 0 Å². The lowest BCUT2D eigenvalue weighted by Gasteiger charge is -2.08. The van der Waals surface area contributed by atoms with Gasteiger partial charge in [0.1, 0.15) is 0 Å². The maximum atomic E-state index is 11.3. The van der Waals surface area contributed by atoms with Crippen LogP contribution in [0.5, 0.6) is 0 Å². The van der Waals surface area contributed by atoms with Crippen molar-refractivity contribution >= 4 is 7.14 Å². The monoisotopic (exact) mass is 134 g/mol. The Balaban J connectivity index is 3.79. The van der Waals surface area contributed by atoms with E-state index in [0.717, 1.165) is 18.5 Å². The summed E-state index contributed by atoms with van der Waals surface area (Å²) >= 11 is 0. The van der Waals surface area contributed by atoms with Gasteiger partial charge in [-0.05, 0) is 18.5 Å². The van der Waals surface area contributed by atoms with Crippen LogP contribution < -0.4 is 0 Å². The predicted octanol–water partition coefficient (Wildman–Crippen LogP) is 2.41. The molecule has 1 nitrogen and oxygen atoms in total. The Morgan fingerprint density at radius 1 is 1.00 bits per heavy atom. The molecule has 0 saturated heterocycles. The first kappa shape index (κ1) is 8.23. The topological polar surface area (TPSA) is 17.1 Å². The molecule has 0 aliphatic heterocycles. The standard InChI is InChI=1S/C6H15OP/c1-4-8(7,5-2)6-3/h4-6H2,1-3H3. The molecule has 8 heavy (non-hydrogen) atoms. The van der Waals surface area contributed by atoms with Gasteiger partial charge in [0.15, 0.2) is 0 Å². The Labute approximate surface area is 51.9 Å². The van der Waals surface area contributed by atoms with Crippen molar-refractivity contribution in [3.8, 4) is 0 Å². The van der Waals surface area contributed by atoms with Gasteiger partial charge in [0.25, 0.3) is 0 Å². The molecule has 0 radical (unpaired) electrons. The Bertz CT molecular complexity index is 79.7. The SMILES string of the molecule is CCP(=O)(CC)CC. The highest BCUT2D eigenvalue weighted by molar-refractivity contribution is 7.63. The van der Waals surface area contributed by atoms with Gasteiger partial charge in [0.05, 0.1) is 7.14 Å². The van der Waals surface area contributed by atoms with Crippen molar-refractivity contribution in [3.05, 3.63) is 0 Å². The molecule has 0 saturated carbocycles. The van der Waals surface area contributed by atoms with E-state index in [1.54, 1.807) is 0 Å². The molecule has 0 rings (SSSR count). The summed E-state index contributed by atoms with van der Waals surface area (Å²) in [7, 11) is -1.66. The molecule has 0 spiro atoms. The van der Waals surface area contributed by atoms with Crippen molar-refractivity contribution in [2.24, 2.45) is 0 Å². The van der Waals surface area contributed by atoms with Crippen LogP contribution in [0, 0.1) is 0 Å². The predicted molar refractivity (Wildman–Crippen MR) is 39.2 cm³/mol. The average molecular weight is 134 g/mol. The smallest absolute Gasteiger partial charge is 0.0869 e. The fourth-order valence-electron chi connectivity index (χ4n) is 0.671. The van der Waals surface area contributed by atoms with Crippen molar-refractivity contribution in [1.82, 2.24) is 0 Å². The first-order chi connectivity index (χ1) is 3.68. The first-order valence-corrected chi connectivity index (χ1v) is 5.52. The summed E-state index contributed by atoms with van der Waals surface area (Å²) in [5.74, 6) is 0. The minimum Gasteiger partial charge on any atom is -0.324 e. The lowest BCUT2D eigenvalue weighted by atomic mass is 10.9. The van der Waals surface area contributed by atoms with E-state index < -0.39 is 7.14 Å². The Kier molecular flexibility index (Phi) is 3.39. The molecule has 0 aromatic rings. The van der Waals surface area contributed by atoms with Gasteiger partial charge in [0.2, 0.25) is 0 Å². The zero-order chi connectivity index (χ0) is 6.62. The summed E-state index contributed by atoms with van der Waals surface area (Å²) in [6.07, 6.45) is 2.62. The molecule has 0 atom stereocenters. The van der Waals surface area contributed by atoms with Gasteiger partial charge in [0, 0.05) is 0 Å². The van der Waals surface area contributed by atoms with Crippen LogP contribution in [0.1, 0.15) is 20.8 Å². The second-order valence-electron chi connectivity index (χ2n) is 2.01. The van der Waals surface area contributed by atoms with Crippen LogP contribution in [0.4, 0.5) is 0 Å². The third-order valence-electron chi connectivity index (χ3n) is 1.73. The molecule has 0 unspecified atom stereocenters. The summed E-state index contributed by atoms with van der Waals surface area (Å²) < 4.78 is 11.3. The largest absolute Gasteiger partial charge is 0.324 e. The van der Waals surface area contributed by atoms with Gasteiger partial charge >= 0.3 is 0 Å². The molecule has 0 aliphatic rings. The van der Waals surface area contributed by atoms with E-state index in [-0.39, 0.29) is 0 Å². The molecule has 0 amide bonds. The quantitative estimate of drug-likeness (QED) is 0.542. The molecule has 0 aliphatic carbocycles. The second kappa shape index (κ2) is 3.29. The highest BCUT2D eigenvalue weighted by atomic mass is 31.2. The van der Waals surface area contributed by atoms with Crippen LogP contribution in [0.15, 0.2) is 0 Å². The minimum absolute atomic E-state index is 0.875. The third-order valence-corrected chi connectivity index (χ3v) is 5.19. The lowest BCUT2D eigenvalue weighted by Crippen LogP contribution is -1.90. The number of hydrogen-bond donors (Lipinski definition) is 0. The summed E-state index contributed by atoms with van der Waals surface area (Å²) in [6, 6.07) is 0. The summed E-state index contributed by atoms with van der Waals surface area (Å²) in [4.78, 5) is 0. The van der Waals surface area contributed by atoms with E-state index in [9.17, 15) is 4.57 Å². The van der Waals surface area contributed by atoms with Gasteiger partial charge in [-0.25, -0.2) is 0 Å². The highest BCUT2D eigenvalue weighted by Crippen LogP contribution is 2.43. The van der Waals surface area contributed by atoms with Gasteiger partial charge in [-0.3, -0.25) is 0 Å². The lowest BCUT2D eigenvalue weighted by molar-refractivity contribution is 0.577. The number of rotatable bonds is 3. The van der Waals surface area contributed by atoms with Crippen molar-refractivity contribution in [2.45, 2.75) is 20.8 Å². The van der Waals surface area contributed by atoms with Gasteiger partial charge < -0.3 is 4.57 Å². The van der Waals surface area contributed by atoms with Crippen LogP contribution in [-0.2, 0) is 4.57 Å². The van der Waals surface area contributed by atoms with Crippen molar-refractivity contribution in [2.75, 3.05) is 18.5 Å². The minimum atomic E-state index is -1.66. The van der Waals surface area contributed by atoms with Crippen LogP contribution in [-0.4, -0.2) is 18.5 Å². The zero-order valence-corrected chi connectivity index (χ0v) is 6.87. The van der Waals surface area contributed by atoms with E-state index in [1.807, 2.05) is 20.8 Å². The Hall–Kier alpha value is 0.230. The van der Waals surface area contributed by atoms with Crippen LogP contribution in [0.3, 0.4) is 0 Å². The van der Waals surface area contributed by atoms with E-state index in [4.69, 9.17) is 0 Å².